The SMILES string of the molecule is N[C@@H](CC(=O)N1CCc2c(cccc2C(F)(F)F)C1)CN1CC(F)(F)CCC1=O. The van der Waals surface area contributed by atoms with Gasteiger partial charge < -0.3 is 15.5 Å². The van der Waals surface area contributed by atoms with E-state index in [1.54, 1.807) is 6.07 Å². The highest BCUT2D eigenvalue weighted by molar-refractivity contribution is 5.78. The van der Waals surface area contributed by atoms with Crippen LogP contribution < -0.4 is 5.73 Å². The predicted octanol–water partition coefficient (Wildman–Crippen LogP) is 2.57. The summed E-state index contributed by atoms with van der Waals surface area (Å²) < 4.78 is 66.4. The van der Waals surface area contributed by atoms with E-state index in [0.29, 0.717) is 5.56 Å². The van der Waals surface area contributed by atoms with Crippen LogP contribution >= 0.6 is 0 Å². The third-order valence-electron chi connectivity index (χ3n) is 5.30. The molecule has 2 heterocycles. The second kappa shape index (κ2) is 7.89. The second-order valence-electron chi connectivity index (χ2n) is 7.60. The molecule has 0 aliphatic carbocycles. The van der Waals surface area contributed by atoms with Gasteiger partial charge in [0, 0.05) is 44.9 Å². The second-order valence-corrected chi connectivity index (χ2v) is 7.60. The molecule has 0 radical (unpaired) electrons. The summed E-state index contributed by atoms with van der Waals surface area (Å²) in [6.45, 7) is -0.730. The first-order valence-corrected chi connectivity index (χ1v) is 9.33. The van der Waals surface area contributed by atoms with Crippen molar-refractivity contribution in [2.45, 2.75) is 50.4 Å². The molecule has 160 valence electrons. The molecule has 29 heavy (non-hydrogen) atoms. The van der Waals surface area contributed by atoms with Gasteiger partial charge in [0.1, 0.15) is 0 Å². The molecule has 2 N–H and O–H groups in total. The van der Waals surface area contributed by atoms with Gasteiger partial charge in [-0.3, -0.25) is 9.59 Å². The average Bonchev–Trinajstić information content (AvgIpc) is 2.62. The number of alkyl halides is 5. The van der Waals surface area contributed by atoms with Gasteiger partial charge in [-0.1, -0.05) is 12.1 Å². The molecule has 2 amide bonds. The van der Waals surface area contributed by atoms with Crippen molar-refractivity contribution in [2.75, 3.05) is 19.6 Å². The minimum atomic E-state index is -4.46. The van der Waals surface area contributed by atoms with E-state index in [2.05, 4.69) is 0 Å². The van der Waals surface area contributed by atoms with Crippen molar-refractivity contribution in [1.29, 1.82) is 0 Å². The molecule has 2 aliphatic heterocycles. The van der Waals surface area contributed by atoms with Crippen molar-refractivity contribution < 1.29 is 31.5 Å². The third-order valence-corrected chi connectivity index (χ3v) is 5.30. The Morgan fingerprint density at radius 3 is 2.66 bits per heavy atom. The monoisotopic (exact) mass is 419 g/mol. The first-order valence-electron chi connectivity index (χ1n) is 9.33. The Hall–Kier alpha value is -2.23. The van der Waals surface area contributed by atoms with Crippen LogP contribution in [0.1, 0.15) is 36.0 Å². The average molecular weight is 419 g/mol. The third kappa shape index (κ3) is 5.04. The Labute approximate surface area is 164 Å². The topological polar surface area (TPSA) is 66.6 Å². The molecule has 0 saturated carbocycles. The first kappa shape index (κ1) is 21.5. The molecule has 1 aromatic rings. The summed E-state index contributed by atoms with van der Waals surface area (Å²) >= 11 is 0. The highest BCUT2D eigenvalue weighted by Crippen LogP contribution is 2.35. The van der Waals surface area contributed by atoms with Crippen LogP contribution in [0.5, 0.6) is 0 Å². The number of piperidine rings is 1. The summed E-state index contributed by atoms with van der Waals surface area (Å²) in [5, 5.41) is 0. The molecule has 2 aliphatic rings. The van der Waals surface area contributed by atoms with Crippen LogP contribution in [0.15, 0.2) is 18.2 Å². The Kier molecular flexibility index (Phi) is 5.84. The van der Waals surface area contributed by atoms with E-state index in [-0.39, 0.29) is 50.4 Å². The van der Waals surface area contributed by atoms with Gasteiger partial charge in [-0.15, -0.1) is 0 Å². The quantitative estimate of drug-likeness (QED) is 0.763. The molecule has 0 aromatic heterocycles. The molecule has 0 unspecified atom stereocenters. The number of amides is 2. The summed E-state index contributed by atoms with van der Waals surface area (Å²) in [4.78, 5) is 26.7. The lowest BCUT2D eigenvalue weighted by Gasteiger charge is -2.35. The number of rotatable bonds is 4. The summed E-state index contributed by atoms with van der Waals surface area (Å²) in [6.07, 6.45) is -5.32. The van der Waals surface area contributed by atoms with Crippen molar-refractivity contribution >= 4 is 11.8 Å². The van der Waals surface area contributed by atoms with E-state index in [1.165, 1.54) is 11.0 Å². The molecule has 1 saturated heterocycles. The maximum Gasteiger partial charge on any atom is 0.416 e. The zero-order chi connectivity index (χ0) is 21.4. The molecule has 1 fully saturated rings. The van der Waals surface area contributed by atoms with Gasteiger partial charge in [-0.2, -0.15) is 13.2 Å². The number of benzene rings is 1. The van der Waals surface area contributed by atoms with Gasteiger partial charge in [0.2, 0.25) is 11.8 Å². The number of hydrogen-bond donors (Lipinski definition) is 1. The Bertz CT molecular complexity index is 797. The largest absolute Gasteiger partial charge is 0.416 e. The Balaban J connectivity index is 1.60. The normalized spacial score (nSPS) is 20.4. The van der Waals surface area contributed by atoms with Crippen molar-refractivity contribution in [3.05, 3.63) is 34.9 Å². The van der Waals surface area contributed by atoms with Crippen LogP contribution in [-0.2, 0) is 28.7 Å². The van der Waals surface area contributed by atoms with Gasteiger partial charge in [-0.05, 0) is 23.6 Å². The number of fused-ring (bicyclic) bond motifs is 1. The van der Waals surface area contributed by atoms with Crippen molar-refractivity contribution in [2.24, 2.45) is 5.73 Å². The molecular formula is C19H22F5N3O2. The fourth-order valence-electron chi connectivity index (χ4n) is 3.85. The Morgan fingerprint density at radius 2 is 1.97 bits per heavy atom. The van der Waals surface area contributed by atoms with E-state index < -0.39 is 42.6 Å². The number of nitrogens with two attached hydrogens (primary N) is 1. The predicted molar refractivity (Wildman–Crippen MR) is 93.9 cm³/mol. The number of hydrogen-bond acceptors (Lipinski definition) is 3. The zero-order valence-electron chi connectivity index (χ0n) is 15.6. The summed E-state index contributed by atoms with van der Waals surface area (Å²) in [5.41, 5.74) is 5.83. The van der Waals surface area contributed by atoms with Crippen LogP contribution in [0.2, 0.25) is 0 Å². The van der Waals surface area contributed by atoms with Crippen LogP contribution in [0, 0.1) is 0 Å². The fourth-order valence-corrected chi connectivity index (χ4v) is 3.85. The van der Waals surface area contributed by atoms with Gasteiger partial charge >= 0.3 is 6.18 Å². The number of carbonyl (C=O) groups excluding carboxylic acids is 2. The number of carbonyl (C=O) groups is 2. The molecule has 10 heteroatoms. The van der Waals surface area contributed by atoms with Crippen LogP contribution in [0.3, 0.4) is 0 Å². The van der Waals surface area contributed by atoms with Crippen molar-refractivity contribution in [3.8, 4) is 0 Å². The van der Waals surface area contributed by atoms with E-state index in [1.807, 2.05) is 0 Å². The lowest BCUT2D eigenvalue weighted by Crippen LogP contribution is -2.51. The van der Waals surface area contributed by atoms with Crippen molar-refractivity contribution in [1.82, 2.24) is 9.80 Å². The van der Waals surface area contributed by atoms with Gasteiger partial charge in [-0.25, -0.2) is 8.78 Å². The maximum atomic E-state index is 13.5. The van der Waals surface area contributed by atoms with E-state index in [0.717, 1.165) is 11.0 Å². The zero-order valence-corrected chi connectivity index (χ0v) is 15.6. The number of halogens is 5. The van der Waals surface area contributed by atoms with Crippen LogP contribution in [0.4, 0.5) is 22.0 Å². The number of nitrogens with zero attached hydrogens (tertiary/aromatic N) is 2. The van der Waals surface area contributed by atoms with Gasteiger partial charge in [0.25, 0.3) is 5.92 Å². The van der Waals surface area contributed by atoms with Crippen LogP contribution in [0.25, 0.3) is 0 Å². The first-order chi connectivity index (χ1) is 13.5. The minimum absolute atomic E-state index is 0.0333. The highest BCUT2D eigenvalue weighted by Gasteiger charge is 2.40. The highest BCUT2D eigenvalue weighted by atomic mass is 19.4. The van der Waals surface area contributed by atoms with Gasteiger partial charge in [0.15, 0.2) is 0 Å². The number of likely N-dealkylation sites (tertiary alicyclic amines) is 1. The van der Waals surface area contributed by atoms with Gasteiger partial charge in [0.05, 0.1) is 12.1 Å². The molecular weight excluding hydrogens is 397 g/mol. The maximum absolute atomic E-state index is 13.5. The molecule has 0 bridgehead atoms. The fraction of sp³-hybridized carbons (Fsp3) is 0.579. The summed E-state index contributed by atoms with van der Waals surface area (Å²) in [5.74, 6) is -3.77. The molecule has 5 nitrogen and oxygen atoms in total. The summed E-state index contributed by atoms with van der Waals surface area (Å²) in [7, 11) is 0. The molecule has 1 aromatic carbocycles. The van der Waals surface area contributed by atoms with E-state index >= 15 is 0 Å². The molecule has 0 spiro atoms. The smallest absolute Gasteiger partial charge is 0.338 e. The summed E-state index contributed by atoms with van der Waals surface area (Å²) in [6, 6.07) is 3.06. The van der Waals surface area contributed by atoms with E-state index in [9.17, 15) is 31.5 Å². The van der Waals surface area contributed by atoms with Crippen LogP contribution in [-0.4, -0.2) is 53.2 Å². The van der Waals surface area contributed by atoms with E-state index in [4.69, 9.17) is 5.73 Å². The standard InChI is InChI=1S/C19H22F5N3O2/c20-18(21)6-4-16(28)27(11-18)10-13(25)8-17(29)26-7-5-14-12(9-26)2-1-3-15(14)19(22,23)24/h1-3,13H,4-11,25H2/t13-/m0/s1. The minimum Gasteiger partial charge on any atom is -0.338 e. The lowest BCUT2D eigenvalue weighted by molar-refractivity contribution is -0.148. The molecule has 1 atom stereocenters. The van der Waals surface area contributed by atoms with Crippen molar-refractivity contribution in [3.63, 3.8) is 0 Å². The Morgan fingerprint density at radius 1 is 1.24 bits per heavy atom. The lowest BCUT2D eigenvalue weighted by atomic mass is 9.94. The molecule has 3 rings (SSSR count).